The van der Waals surface area contributed by atoms with Gasteiger partial charge in [0.2, 0.25) is 6.79 Å². The number of amides is 1. The molecule has 4 nitrogen and oxygen atoms in total. The number of carbonyl (C=O) groups is 1. The van der Waals surface area contributed by atoms with Gasteiger partial charge in [0.1, 0.15) is 0 Å². The molecule has 1 N–H and O–H groups in total. The normalized spacial score (nSPS) is 15.5. The highest BCUT2D eigenvalue weighted by Crippen LogP contribution is 2.33. The van der Waals surface area contributed by atoms with Gasteiger partial charge in [-0.25, -0.2) is 0 Å². The van der Waals surface area contributed by atoms with E-state index in [4.69, 9.17) is 9.47 Å². The van der Waals surface area contributed by atoms with Crippen LogP contribution >= 0.6 is 11.3 Å². The molecule has 5 heteroatoms. The minimum atomic E-state index is 0.0251. The lowest BCUT2D eigenvalue weighted by atomic mass is 9.95. The highest BCUT2D eigenvalue weighted by molar-refractivity contribution is 7.10. The predicted octanol–water partition coefficient (Wildman–Crippen LogP) is 3.29. The summed E-state index contributed by atoms with van der Waals surface area (Å²) in [6.45, 7) is 0.770. The van der Waals surface area contributed by atoms with E-state index in [2.05, 4.69) is 5.32 Å². The Morgan fingerprint density at radius 1 is 1.18 bits per heavy atom. The van der Waals surface area contributed by atoms with Crippen molar-refractivity contribution >= 4 is 17.2 Å². The number of rotatable bonds is 3. The first kappa shape index (κ1) is 13.6. The topological polar surface area (TPSA) is 47.6 Å². The fourth-order valence-electron chi connectivity index (χ4n) is 3.01. The standard InChI is InChI=1S/C17H17NO3S/c19-17(13-9-22-16-4-2-1-3-12(13)16)18-8-11-5-6-14-15(7-11)21-10-20-14/h5-7,9H,1-4,8,10H2,(H,18,19). The Morgan fingerprint density at radius 2 is 2.05 bits per heavy atom. The zero-order chi connectivity index (χ0) is 14.9. The van der Waals surface area contributed by atoms with Crippen LogP contribution < -0.4 is 14.8 Å². The molecule has 1 aliphatic heterocycles. The Balaban J connectivity index is 1.45. The van der Waals surface area contributed by atoms with Gasteiger partial charge < -0.3 is 14.8 Å². The predicted molar refractivity (Wildman–Crippen MR) is 84.7 cm³/mol. The first-order valence-corrected chi connectivity index (χ1v) is 8.45. The zero-order valence-electron chi connectivity index (χ0n) is 12.2. The third kappa shape index (κ3) is 2.46. The number of thiophene rings is 1. The molecule has 0 saturated heterocycles. The molecule has 4 rings (SSSR count). The summed E-state index contributed by atoms with van der Waals surface area (Å²) in [5.74, 6) is 1.54. The number of hydrogen-bond acceptors (Lipinski definition) is 4. The molecule has 2 aromatic rings. The molecule has 0 atom stereocenters. The summed E-state index contributed by atoms with van der Waals surface area (Å²) in [6, 6.07) is 5.76. The van der Waals surface area contributed by atoms with E-state index < -0.39 is 0 Å². The van der Waals surface area contributed by atoms with Gasteiger partial charge in [0.15, 0.2) is 11.5 Å². The Labute approximate surface area is 133 Å². The monoisotopic (exact) mass is 315 g/mol. The lowest BCUT2D eigenvalue weighted by Gasteiger charge is -2.12. The minimum absolute atomic E-state index is 0.0251. The van der Waals surface area contributed by atoms with Crippen molar-refractivity contribution in [3.63, 3.8) is 0 Å². The van der Waals surface area contributed by atoms with Crippen molar-refractivity contribution in [1.29, 1.82) is 0 Å². The van der Waals surface area contributed by atoms with E-state index >= 15 is 0 Å². The maximum Gasteiger partial charge on any atom is 0.252 e. The molecule has 0 saturated carbocycles. The summed E-state index contributed by atoms with van der Waals surface area (Å²) < 4.78 is 10.7. The fourth-order valence-corrected chi connectivity index (χ4v) is 4.14. The van der Waals surface area contributed by atoms with E-state index in [1.165, 1.54) is 23.3 Å². The van der Waals surface area contributed by atoms with Gasteiger partial charge in [-0.1, -0.05) is 6.07 Å². The maximum absolute atomic E-state index is 12.4. The van der Waals surface area contributed by atoms with Gasteiger partial charge in [0.05, 0.1) is 5.56 Å². The summed E-state index contributed by atoms with van der Waals surface area (Å²) in [5, 5.41) is 5.02. The highest BCUT2D eigenvalue weighted by atomic mass is 32.1. The van der Waals surface area contributed by atoms with Crippen LogP contribution in [0.15, 0.2) is 23.6 Å². The molecule has 22 heavy (non-hydrogen) atoms. The van der Waals surface area contributed by atoms with E-state index in [9.17, 15) is 4.79 Å². The van der Waals surface area contributed by atoms with Crippen LogP contribution in [0.5, 0.6) is 11.5 Å². The van der Waals surface area contributed by atoms with Crippen LogP contribution in [-0.2, 0) is 19.4 Å². The average Bonchev–Trinajstić information content (AvgIpc) is 3.18. The van der Waals surface area contributed by atoms with Crippen molar-refractivity contribution < 1.29 is 14.3 Å². The van der Waals surface area contributed by atoms with E-state index in [1.807, 2.05) is 23.6 Å². The van der Waals surface area contributed by atoms with Gasteiger partial charge in [-0.05, 0) is 48.9 Å². The summed E-state index contributed by atoms with van der Waals surface area (Å²) in [5.41, 5.74) is 3.14. The van der Waals surface area contributed by atoms with Crippen molar-refractivity contribution in [1.82, 2.24) is 5.32 Å². The van der Waals surface area contributed by atoms with Crippen molar-refractivity contribution in [3.8, 4) is 11.5 Å². The molecule has 1 aromatic carbocycles. The zero-order valence-corrected chi connectivity index (χ0v) is 13.0. The van der Waals surface area contributed by atoms with Gasteiger partial charge in [-0.3, -0.25) is 4.79 Å². The number of fused-ring (bicyclic) bond motifs is 2. The summed E-state index contributed by atoms with van der Waals surface area (Å²) >= 11 is 1.72. The second-order valence-electron chi connectivity index (χ2n) is 5.63. The van der Waals surface area contributed by atoms with Gasteiger partial charge >= 0.3 is 0 Å². The highest BCUT2D eigenvalue weighted by Gasteiger charge is 2.20. The second kappa shape index (κ2) is 5.65. The molecule has 1 aromatic heterocycles. The van der Waals surface area contributed by atoms with E-state index in [-0.39, 0.29) is 12.7 Å². The number of benzene rings is 1. The van der Waals surface area contributed by atoms with Gasteiger partial charge in [0.25, 0.3) is 5.91 Å². The lowest BCUT2D eigenvalue weighted by molar-refractivity contribution is 0.0950. The number of nitrogens with one attached hydrogen (secondary N) is 1. The van der Waals surface area contributed by atoms with Crippen molar-refractivity contribution in [3.05, 3.63) is 45.1 Å². The molecular formula is C17H17NO3S. The molecule has 0 bridgehead atoms. The molecule has 1 aliphatic carbocycles. The molecule has 114 valence electrons. The molecule has 0 radical (unpaired) electrons. The van der Waals surface area contributed by atoms with Crippen LogP contribution in [0.1, 0.15) is 39.2 Å². The van der Waals surface area contributed by atoms with E-state index in [1.54, 1.807) is 11.3 Å². The first-order chi connectivity index (χ1) is 10.8. The fraction of sp³-hybridized carbons (Fsp3) is 0.353. The van der Waals surface area contributed by atoms with E-state index in [0.29, 0.717) is 6.54 Å². The molecule has 2 heterocycles. The van der Waals surface area contributed by atoms with Crippen molar-refractivity contribution in [2.75, 3.05) is 6.79 Å². The molecule has 0 spiro atoms. The smallest absolute Gasteiger partial charge is 0.252 e. The second-order valence-corrected chi connectivity index (χ2v) is 6.59. The van der Waals surface area contributed by atoms with Crippen LogP contribution in [0.2, 0.25) is 0 Å². The molecule has 0 unspecified atom stereocenters. The third-order valence-electron chi connectivity index (χ3n) is 4.20. The third-order valence-corrected chi connectivity index (χ3v) is 5.28. The summed E-state index contributed by atoms with van der Waals surface area (Å²) in [6.07, 6.45) is 4.58. The van der Waals surface area contributed by atoms with Crippen LogP contribution in [0.3, 0.4) is 0 Å². The van der Waals surface area contributed by atoms with Crippen LogP contribution in [0.4, 0.5) is 0 Å². The van der Waals surface area contributed by atoms with E-state index in [0.717, 1.165) is 35.5 Å². The SMILES string of the molecule is O=C(NCc1ccc2c(c1)OCO2)c1csc2c1CCCC2. The first-order valence-electron chi connectivity index (χ1n) is 7.57. The summed E-state index contributed by atoms with van der Waals surface area (Å²) in [7, 11) is 0. The minimum Gasteiger partial charge on any atom is -0.454 e. The van der Waals surface area contributed by atoms with Crippen LogP contribution in [0, 0.1) is 0 Å². The molecule has 1 amide bonds. The number of carbonyl (C=O) groups excluding carboxylic acids is 1. The average molecular weight is 315 g/mol. The Bertz CT molecular complexity index is 723. The molecule has 2 aliphatic rings. The van der Waals surface area contributed by atoms with Gasteiger partial charge in [-0.15, -0.1) is 11.3 Å². The molecule has 0 fully saturated rings. The van der Waals surface area contributed by atoms with Crippen molar-refractivity contribution in [2.24, 2.45) is 0 Å². The Hall–Kier alpha value is -2.01. The number of hydrogen-bond donors (Lipinski definition) is 1. The summed E-state index contributed by atoms with van der Waals surface area (Å²) in [4.78, 5) is 13.8. The Morgan fingerprint density at radius 3 is 3.00 bits per heavy atom. The number of aryl methyl sites for hydroxylation is 1. The van der Waals surface area contributed by atoms with Crippen LogP contribution in [0.25, 0.3) is 0 Å². The quantitative estimate of drug-likeness (QED) is 0.945. The maximum atomic E-state index is 12.4. The van der Waals surface area contributed by atoms with Gasteiger partial charge in [0, 0.05) is 16.8 Å². The lowest BCUT2D eigenvalue weighted by Crippen LogP contribution is -2.23. The largest absolute Gasteiger partial charge is 0.454 e. The van der Waals surface area contributed by atoms with Crippen LogP contribution in [-0.4, -0.2) is 12.7 Å². The number of ether oxygens (including phenoxy) is 2. The Kier molecular flexibility index (Phi) is 3.50. The molecular weight excluding hydrogens is 298 g/mol. The van der Waals surface area contributed by atoms with Crippen molar-refractivity contribution in [2.45, 2.75) is 32.2 Å². The van der Waals surface area contributed by atoms with Gasteiger partial charge in [-0.2, -0.15) is 0 Å².